The molecule has 3 nitrogen and oxygen atoms in total. The number of rotatable bonds is 3. The van der Waals surface area contributed by atoms with Crippen LogP contribution >= 0.6 is 34.8 Å². The lowest BCUT2D eigenvalue weighted by Crippen LogP contribution is -2.19. The number of aryl methyl sites for hydroxylation is 1. The van der Waals surface area contributed by atoms with Gasteiger partial charge in [-0.05, 0) is 25.5 Å². The van der Waals surface area contributed by atoms with Gasteiger partial charge in [-0.3, -0.25) is 0 Å². The van der Waals surface area contributed by atoms with Gasteiger partial charge >= 0.3 is 0 Å². The Labute approximate surface area is 132 Å². The highest BCUT2D eigenvalue weighted by molar-refractivity contribution is 6.42. The molecule has 0 radical (unpaired) electrons. The average Bonchev–Trinajstić information content (AvgIpc) is 2.94. The van der Waals surface area contributed by atoms with E-state index in [4.69, 9.17) is 39.5 Å². The quantitative estimate of drug-likeness (QED) is 0.775. The van der Waals surface area contributed by atoms with E-state index in [1.54, 1.807) is 0 Å². The van der Waals surface area contributed by atoms with Crippen molar-refractivity contribution in [3.8, 4) is 0 Å². The number of fused-ring (bicyclic) bond motifs is 1. The zero-order chi connectivity index (χ0) is 14.3. The van der Waals surface area contributed by atoms with E-state index in [2.05, 4.69) is 16.5 Å². The molecule has 6 heteroatoms. The molecule has 2 aromatic rings. The minimum atomic E-state index is 0.163. The standard InChI is InChI=1S/C14H15Cl3N2O/c1-8-12(3-5-20-8)19-13-7-10(17)9(16)6-11(13)18-14(19)2-4-15/h6-8,12H,2-5H2,1H3. The summed E-state index contributed by atoms with van der Waals surface area (Å²) < 4.78 is 7.90. The van der Waals surface area contributed by atoms with Crippen molar-refractivity contribution >= 4 is 45.8 Å². The van der Waals surface area contributed by atoms with Crippen LogP contribution in [0.1, 0.15) is 25.2 Å². The summed E-state index contributed by atoms with van der Waals surface area (Å²) in [5.41, 5.74) is 1.86. The van der Waals surface area contributed by atoms with E-state index in [0.29, 0.717) is 22.3 Å². The fraction of sp³-hybridized carbons (Fsp3) is 0.500. The van der Waals surface area contributed by atoms with E-state index in [0.717, 1.165) is 29.9 Å². The molecule has 0 spiro atoms. The summed E-state index contributed by atoms with van der Waals surface area (Å²) in [6.07, 6.45) is 1.85. The monoisotopic (exact) mass is 332 g/mol. The van der Waals surface area contributed by atoms with E-state index >= 15 is 0 Å². The maximum Gasteiger partial charge on any atom is 0.111 e. The summed E-state index contributed by atoms with van der Waals surface area (Å²) >= 11 is 18.1. The summed E-state index contributed by atoms with van der Waals surface area (Å²) in [5.74, 6) is 1.50. The molecule has 1 fully saturated rings. The van der Waals surface area contributed by atoms with Crippen molar-refractivity contribution in [2.45, 2.75) is 31.9 Å². The van der Waals surface area contributed by atoms with Crippen molar-refractivity contribution in [2.24, 2.45) is 0 Å². The van der Waals surface area contributed by atoms with Crippen molar-refractivity contribution in [1.29, 1.82) is 0 Å². The molecule has 0 aliphatic carbocycles. The number of benzene rings is 1. The molecule has 0 amide bonds. The Kier molecular flexibility index (Phi) is 4.14. The number of nitrogens with zero attached hydrogens (tertiary/aromatic N) is 2. The Balaban J connectivity index is 2.20. The lowest BCUT2D eigenvalue weighted by molar-refractivity contribution is 0.108. The number of aromatic nitrogens is 2. The first-order valence-corrected chi connectivity index (χ1v) is 7.94. The van der Waals surface area contributed by atoms with Crippen LogP contribution in [0.25, 0.3) is 11.0 Å². The van der Waals surface area contributed by atoms with Gasteiger partial charge in [0.15, 0.2) is 0 Å². The molecule has 0 N–H and O–H groups in total. The van der Waals surface area contributed by atoms with Gasteiger partial charge in [-0.25, -0.2) is 4.98 Å². The summed E-state index contributed by atoms with van der Waals surface area (Å²) in [6, 6.07) is 3.97. The van der Waals surface area contributed by atoms with Crippen LogP contribution in [0.5, 0.6) is 0 Å². The van der Waals surface area contributed by atoms with Crippen molar-refractivity contribution in [3.05, 3.63) is 28.0 Å². The SMILES string of the molecule is CC1OCCC1n1c(CCCl)nc2cc(Cl)c(Cl)cc21. The van der Waals surface area contributed by atoms with Gasteiger partial charge in [0, 0.05) is 18.9 Å². The molecule has 0 saturated carbocycles. The molecule has 3 rings (SSSR count). The Morgan fingerprint density at radius 1 is 1.35 bits per heavy atom. The lowest BCUT2D eigenvalue weighted by atomic mass is 10.1. The van der Waals surface area contributed by atoms with Crippen LogP contribution in [0.4, 0.5) is 0 Å². The molecule has 108 valence electrons. The summed E-state index contributed by atoms with van der Waals surface area (Å²) in [4.78, 5) is 4.66. The maximum absolute atomic E-state index is 6.16. The van der Waals surface area contributed by atoms with Gasteiger partial charge in [-0.15, -0.1) is 11.6 Å². The smallest absolute Gasteiger partial charge is 0.111 e. The van der Waals surface area contributed by atoms with Crippen LogP contribution in [0.2, 0.25) is 10.0 Å². The number of imidazole rings is 1. The maximum atomic E-state index is 6.16. The van der Waals surface area contributed by atoms with Gasteiger partial charge in [-0.1, -0.05) is 23.2 Å². The number of hydrogen-bond acceptors (Lipinski definition) is 2. The third-order valence-electron chi connectivity index (χ3n) is 3.79. The molecule has 1 aromatic carbocycles. The Bertz CT molecular complexity index is 641. The molecule has 2 heterocycles. The molecule has 1 aliphatic heterocycles. The Morgan fingerprint density at radius 2 is 2.10 bits per heavy atom. The zero-order valence-corrected chi connectivity index (χ0v) is 13.3. The largest absolute Gasteiger partial charge is 0.376 e. The second-order valence-corrected chi connectivity index (χ2v) is 6.22. The van der Waals surface area contributed by atoms with Gasteiger partial charge in [0.25, 0.3) is 0 Å². The van der Waals surface area contributed by atoms with Crippen LogP contribution in [-0.4, -0.2) is 28.1 Å². The molecule has 2 atom stereocenters. The highest BCUT2D eigenvalue weighted by Gasteiger charge is 2.29. The first kappa shape index (κ1) is 14.5. The molecule has 1 saturated heterocycles. The first-order valence-electron chi connectivity index (χ1n) is 6.65. The van der Waals surface area contributed by atoms with Crippen LogP contribution in [0.3, 0.4) is 0 Å². The van der Waals surface area contributed by atoms with Gasteiger partial charge < -0.3 is 9.30 Å². The van der Waals surface area contributed by atoms with E-state index in [1.165, 1.54) is 0 Å². The summed E-state index contributed by atoms with van der Waals surface area (Å²) in [5, 5.41) is 1.07. The second-order valence-electron chi connectivity index (χ2n) is 5.02. The van der Waals surface area contributed by atoms with Crippen LogP contribution in [-0.2, 0) is 11.2 Å². The third kappa shape index (κ3) is 2.41. The molecule has 1 aliphatic rings. The molecular formula is C14H15Cl3N2O. The third-order valence-corrected chi connectivity index (χ3v) is 4.70. The van der Waals surface area contributed by atoms with Crippen LogP contribution < -0.4 is 0 Å². The Morgan fingerprint density at radius 3 is 2.75 bits per heavy atom. The minimum absolute atomic E-state index is 0.163. The number of alkyl halides is 1. The van der Waals surface area contributed by atoms with Crippen molar-refractivity contribution in [1.82, 2.24) is 9.55 Å². The summed E-state index contributed by atoms with van der Waals surface area (Å²) in [6.45, 7) is 2.86. The van der Waals surface area contributed by atoms with Gasteiger partial charge in [-0.2, -0.15) is 0 Å². The first-order chi connectivity index (χ1) is 9.61. The molecule has 20 heavy (non-hydrogen) atoms. The number of hydrogen-bond donors (Lipinski definition) is 0. The van der Waals surface area contributed by atoms with Gasteiger partial charge in [0.05, 0.1) is 33.2 Å². The lowest BCUT2D eigenvalue weighted by Gasteiger charge is -2.19. The highest BCUT2D eigenvalue weighted by atomic mass is 35.5. The zero-order valence-electron chi connectivity index (χ0n) is 11.1. The van der Waals surface area contributed by atoms with Crippen molar-refractivity contribution in [2.75, 3.05) is 12.5 Å². The highest BCUT2D eigenvalue weighted by Crippen LogP contribution is 2.34. The number of ether oxygens (including phenoxy) is 1. The fourth-order valence-electron chi connectivity index (χ4n) is 2.83. The predicted molar refractivity (Wildman–Crippen MR) is 83.2 cm³/mol. The fourth-order valence-corrected chi connectivity index (χ4v) is 3.32. The number of halogens is 3. The average molecular weight is 334 g/mol. The van der Waals surface area contributed by atoms with E-state index in [9.17, 15) is 0 Å². The van der Waals surface area contributed by atoms with Crippen molar-refractivity contribution < 1.29 is 4.74 Å². The van der Waals surface area contributed by atoms with E-state index in [-0.39, 0.29) is 12.1 Å². The molecular weight excluding hydrogens is 319 g/mol. The topological polar surface area (TPSA) is 27.1 Å². The van der Waals surface area contributed by atoms with Crippen LogP contribution in [0.15, 0.2) is 12.1 Å². The minimum Gasteiger partial charge on any atom is -0.376 e. The van der Waals surface area contributed by atoms with E-state index < -0.39 is 0 Å². The summed E-state index contributed by atoms with van der Waals surface area (Å²) in [7, 11) is 0. The van der Waals surface area contributed by atoms with E-state index in [1.807, 2.05) is 12.1 Å². The van der Waals surface area contributed by atoms with Crippen molar-refractivity contribution in [3.63, 3.8) is 0 Å². The van der Waals surface area contributed by atoms with Gasteiger partial charge in [0.2, 0.25) is 0 Å². The second kappa shape index (κ2) is 5.72. The van der Waals surface area contributed by atoms with Crippen LogP contribution in [0, 0.1) is 0 Å². The molecule has 0 bridgehead atoms. The molecule has 2 unspecified atom stereocenters. The predicted octanol–water partition coefficient (Wildman–Crippen LogP) is 4.47. The molecule has 1 aromatic heterocycles. The normalized spacial score (nSPS) is 22.8. The van der Waals surface area contributed by atoms with Gasteiger partial charge in [0.1, 0.15) is 5.82 Å². The Hall–Kier alpha value is -0.480.